The third-order valence-corrected chi connectivity index (χ3v) is 2.30. The number of amides is 1. The molecule has 0 radical (unpaired) electrons. The highest BCUT2D eigenvalue weighted by Crippen LogP contribution is 2.11. The van der Waals surface area contributed by atoms with Crippen LogP contribution in [0.3, 0.4) is 0 Å². The van der Waals surface area contributed by atoms with Crippen LogP contribution in [0.15, 0.2) is 12.7 Å². The van der Waals surface area contributed by atoms with E-state index in [1.807, 2.05) is 6.08 Å². The Morgan fingerprint density at radius 3 is 2.83 bits per heavy atom. The Morgan fingerprint density at radius 2 is 2.08 bits per heavy atom. The molecule has 1 aliphatic heterocycles. The molecule has 0 aromatic heterocycles. The monoisotopic (exact) mass is 167 g/mol. The van der Waals surface area contributed by atoms with Gasteiger partial charge in [-0.05, 0) is 12.8 Å². The van der Waals surface area contributed by atoms with Crippen molar-refractivity contribution in [2.75, 3.05) is 0 Å². The molecule has 0 spiro atoms. The predicted octanol–water partition coefficient (Wildman–Crippen LogP) is 2.01. The average Bonchev–Trinajstić information content (AvgIpc) is 2.16. The molecule has 1 heterocycles. The van der Waals surface area contributed by atoms with Crippen LogP contribution in [0, 0.1) is 0 Å². The van der Waals surface area contributed by atoms with Crippen molar-refractivity contribution in [2.45, 2.75) is 44.6 Å². The summed E-state index contributed by atoms with van der Waals surface area (Å²) in [5, 5.41) is 2.95. The van der Waals surface area contributed by atoms with Gasteiger partial charge in [0.1, 0.15) is 0 Å². The Bertz CT molecular complexity index is 165. The van der Waals surface area contributed by atoms with E-state index in [9.17, 15) is 4.79 Å². The van der Waals surface area contributed by atoms with E-state index in [4.69, 9.17) is 0 Å². The molecule has 2 heteroatoms. The summed E-state index contributed by atoms with van der Waals surface area (Å²) in [5.41, 5.74) is 0. The van der Waals surface area contributed by atoms with Gasteiger partial charge in [-0.3, -0.25) is 4.79 Å². The van der Waals surface area contributed by atoms with Gasteiger partial charge in [-0.1, -0.05) is 25.3 Å². The van der Waals surface area contributed by atoms with Gasteiger partial charge >= 0.3 is 0 Å². The highest BCUT2D eigenvalue weighted by molar-refractivity contribution is 5.76. The molecule has 1 unspecified atom stereocenters. The van der Waals surface area contributed by atoms with E-state index in [1.165, 1.54) is 19.3 Å². The minimum absolute atomic E-state index is 0.182. The molecule has 1 amide bonds. The van der Waals surface area contributed by atoms with Crippen LogP contribution in [0.25, 0.3) is 0 Å². The zero-order valence-electron chi connectivity index (χ0n) is 7.51. The molecule has 1 aliphatic rings. The summed E-state index contributed by atoms with van der Waals surface area (Å²) in [6.45, 7) is 3.71. The van der Waals surface area contributed by atoms with E-state index in [0.29, 0.717) is 6.42 Å². The third kappa shape index (κ3) is 3.07. The molecule has 1 fully saturated rings. The minimum atomic E-state index is 0.182. The van der Waals surface area contributed by atoms with Gasteiger partial charge < -0.3 is 5.32 Å². The third-order valence-electron chi connectivity index (χ3n) is 2.30. The van der Waals surface area contributed by atoms with E-state index < -0.39 is 0 Å². The van der Waals surface area contributed by atoms with Crippen LogP contribution in [0.1, 0.15) is 38.5 Å². The normalized spacial score (nSPS) is 26.3. The molecule has 1 rings (SSSR count). The minimum Gasteiger partial charge on any atom is -0.350 e. The van der Waals surface area contributed by atoms with Crippen molar-refractivity contribution in [1.29, 1.82) is 0 Å². The van der Waals surface area contributed by atoms with E-state index >= 15 is 0 Å². The lowest BCUT2D eigenvalue weighted by Gasteiger charge is -2.12. The Kier molecular flexibility index (Phi) is 3.85. The van der Waals surface area contributed by atoms with E-state index in [2.05, 4.69) is 11.9 Å². The summed E-state index contributed by atoms with van der Waals surface area (Å²) in [4.78, 5) is 11.2. The molecule has 0 aromatic rings. The van der Waals surface area contributed by atoms with Crippen LogP contribution >= 0.6 is 0 Å². The molecular formula is C10H17NO. The highest BCUT2D eigenvalue weighted by atomic mass is 16.1. The van der Waals surface area contributed by atoms with Gasteiger partial charge in [0.25, 0.3) is 0 Å². The number of hydrogen-bond donors (Lipinski definition) is 1. The van der Waals surface area contributed by atoms with Crippen LogP contribution in [0.2, 0.25) is 0 Å². The first-order chi connectivity index (χ1) is 5.83. The van der Waals surface area contributed by atoms with Crippen molar-refractivity contribution >= 4 is 5.91 Å². The van der Waals surface area contributed by atoms with Gasteiger partial charge in [-0.25, -0.2) is 0 Å². The maximum atomic E-state index is 11.2. The van der Waals surface area contributed by atoms with E-state index in [0.717, 1.165) is 12.8 Å². The first-order valence-corrected chi connectivity index (χ1v) is 4.75. The van der Waals surface area contributed by atoms with Crippen molar-refractivity contribution in [3.63, 3.8) is 0 Å². The molecule has 0 saturated carbocycles. The second kappa shape index (κ2) is 4.96. The van der Waals surface area contributed by atoms with Gasteiger partial charge in [0.15, 0.2) is 0 Å². The molecular weight excluding hydrogens is 150 g/mol. The molecule has 2 nitrogen and oxygen atoms in total. The van der Waals surface area contributed by atoms with Crippen molar-refractivity contribution in [3.8, 4) is 0 Å². The second-order valence-corrected chi connectivity index (χ2v) is 3.36. The summed E-state index contributed by atoms with van der Waals surface area (Å²) in [6.07, 6.45) is 8.26. The van der Waals surface area contributed by atoms with Gasteiger partial charge in [-0.2, -0.15) is 0 Å². The van der Waals surface area contributed by atoms with Crippen molar-refractivity contribution in [2.24, 2.45) is 0 Å². The van der Waals surface area contributed by atoms with Crippen LogP contribution in [-0.2, 0) is 4.79 Å². The second-order valence-electron chi connectivity index (χ2n) is 3.36. The van der Waals surface area contributed by atoms with Crippen LogP contribution in [0.4, 0.5) is 0 Å². The fraction of sp³-hybridized carbons (Fsp3) is 0.700. The Morgan fingerprint density at radius 1 is 1.33 bits per heavy atom. The SMILES string of the molecule is C=CC1CCCCCCC(=O)N1. The van der Waals surface area contributed by atoms with Crippen molar-refractivity contribution in [3.05, 3.63) is 12.7 Å². The maximum absolute atomic E-state index is 11.2. The van der Waals surface area contributed by atoms with Gasteiger partial charge in [0.2, 0.25) is 5.91 Å². The summed E-state index contributed by atoms with van der Waals surface area (Å²) in [6, 6.07) is 0.204. The first kappa shape index (κ1) is 9.30. The predicted molar refractivity (Wildman–Crippen MR) is 49.8 cm³/mol. The van der Waals surface area contributed by atoms with Gasteiger partial charge in [-0.15, -0.1) is 6.58 Å². The molecule has 1 saturated heterocycles. The quantitative estimate of drug-likeness (QED) is 0.595. The smallest absolute Gasteiger partial charge is 0.220 e. The zero-order chi connectivity index (χ0) is 8.81. The van der Waals surface area contributed by atoms with Crippen LogP contribution in [0.5, 0.6) is 0 Å². The fourth-order valence-corrected chi connectivity index (χ4v) is 1.53. The molecule has 0 aromatic carbocycles. The van der Waals surface area contributed by atoms with Gasteiger partial charge in [0.05, 0.1) is 0 Å². The highest BCUT2D eigenvalue weighted by Gasteiger charge is 2.10. The summed E-state index contributed by atoms with van der Waals surface area (Å²) in [7, 11) is 0. The largest absolute Gasteiger partial charge is 0.350 e. The molecule has 1 N–H and O–H groups in total. The zero-order valence-corrected chi connectivity index (χ0v) is 7.51. The van der Waals surface area contributed by atoms with E-state index in [1.54, 1.807) is 0 Å². The molecule has 0 aliphatic carbocycles. The number of rotatable bonds is 1. The Balaban J connectivity index is 2.42. The number of hydrogen-bond acceptors (Lipinski definition) is 1. The average molecular weight is 167 g/mol. The molecule has 1 atom stereocenters. The first-order valence-electron chi connectivity index (χ1n) is 4.75. The lowest BCUT2D eigenvalue weighted by atomic mass is 10.1. The number of carbonyl (C=O) groups is 1. The fourth-order valence-electron chi connectivity index (χ4n) is 1.53. The topological polar surface area (TPSA) is 29.1 Å². The number of carbonyl (C=O) groups excluding carboxylic acids is 1. The number of nitrogens with one attached hydrogen (secondary N) is 1. The molecule has 0 bridgehead atoms. The lowest BCUT2D eigenvalue weighted by Crippen LogP contribution is -2.32. The maximum Gasteiger partial charge on any atom is 0.220 e. The molecule has 68 valence electrons. The lowest BCUT2D eigenvalue weighted by molar-refractivity contribution is -0.121. The van der Waals surface area contributed by atoms with Crippen LogP contribution < -0.4 is 5.32 Å². The van der Waals surface area contributed by atoms with Crippen molar-refractivity contribution < 1.29 is 4.79 Å². The van der Waals surface area contributed by atoms with Crippen LogP contribution in [-0.4, -0.2) is 11.9 Å². The Labute approximate surface area is 74.0 Å². The summed E-state index contributed by atoms with van der Waals surface area (Å²) >= 11 is 0. The summed E-state index contributed by atoms with van der Waals surface area (Å²) in [5.74, 6) is 0.182. The Hall–Kier alpha value is -0.790. The van der Waals surface area contributed by atoms with E-state index in [-0.39, 0.29) is 11.9 Å². The summed E-state index contributed by atoms with van der Waals surface area (Å²) < 4.78 is 0. The van der Waals surface area contributed by atoms with Gasteiger partial charge in [0, 0.05) is 12.5 Å². The standard InChI is InChI=1S/C10H17NO/c1-2-9-7-5-3-4-6-8-10(12)11-9/h2,9H,1,3-8H2,(H,11,12). The molecule has 12 heavy (non-hydrogen) atoms. The van der Waals surface area contributed by atoms with Crippen molar-refractivity contribution in [1.82, 2.24) is 5.32 Å².